The molecule has 0 aliphatic carbocycles. The Bertz CT molecular complexity index is 910. The quantitative estimate of drug-likeness (QED) is 0.742. The van der Waals surface area contributed by atoms with E-state index in [1.54, 1.807) is 22.2 Å². The maximum Gasteiger partial charge on any atom is 0.261 e. The van der Waals surface area contributed by atoms with Crippen LogP contribution in [0.5, 0.6) is 0 Å². The fourth-order valence-corrected chi connectivity index (χ4v) is 3.77. The Balaban J connectivity index is 1.65. The predicted molar refractivity (Wildman–Crippen MR) is 89.9 cm³/mol. The van der Waals surface area contributed by atoms with Crippen LogP contribution in [0, 0.1) is 6.92 Å². The summed E-state index contributed by atoms with van der Waals surface area (Å²) in [5, 5.41) is 3.67. The van der Waals surface area contributed by atoms with Crippen LogP contribution >= 0.6 is 11.3 Å². The van der Waals surface area contributed by atoms with Gasteiger partial charge in [-0.2, -0.15) is 0 Å². The van der Waals surface area contributed by atoms with Crippen molar-refractivity contribution >= 4 is 22.2 Å². The van der Waals surface area contributed by atoms with Crippen LogP contribution < -0.4 is 5.56 Å². The zero-order valence-electron chi connectivity index (χ0n) is 12.9. The molecule has 0 spiro atoms. The van der Waals surface area contributed by atoms with E-state index in [9.17, 15) is 4.79 Å². The number of ether oxygens (including phenoxy) is 1. The number of nitrogens with zero attached hydrogens (tertiary/aromatic N) is 3. The fourth-order valence-electron chi connectivity index (χ4n) is 2.88. The molecule has 1 aliphatic rings. The molecule has 3 aromatic rings. The van der Waals surface area contributed by atoms with Crippen molar-refractivity contribution in [2.75, 3.05) is 6.61 Å². The van der Waals surface area contributed by atoms with Gasteiger partial charge in [0, 0.05) is 12.0 Å². The van der Waals surface area contributed by atoms with Gasteiger partial charge in [0.2, 0.25) is 0 Å². The molecule has 23 heavy (non-hydrogen) atoms. The summed E-state index contributed by atoms with van der Waals surface area (Å²) < 4.78 is 7.29. The third kappa shape index (κ3) is 2.80. The Kier molecular flexibility index (Phi) is 3.71. The molecule has 1 fully saturated rings. The van der Waals surface area contributed by atoms with E-state index in [4.69, 9.17) is 4.74 Å². The molecular weight excluding hydrogens is 310 g/mol. The minimum atomic E-state index is -0.0228. The molecule has 6 heteroatoms. The van der Waals surface area contributed by atoms with Crippen LogP contribution in [0.25, 0.3) is 10.9 Å². The van der Waals surface area contributed by atoms with Crippen molar-refractivity contribution in [2.45, 2.75) is 32.4 Å². The van der Waals surface area contributed by atoms with Gasteiger partial charge in [-0.05, 0) is 31.9 Å². The average Bonchev–Trinajstić information content (AvgIpc) is 3.22. The standard InChI is InChI=1S/C17H17N3O2S/c1-11-4-5-14-13(7-11)17(21)20(10-18-14)8-12-9-23-16(19-12)15-3-2-6-22-15/h4-5,7,9-10,15H,2-3,6,8H2,1H3/t15-/m0/s1. The third-order valence-electron chi connectivity index (χ3n) is 4.09. The van der Waals surface area contributed by atoms with E-state index in [1.807, 2.05) is 30.5 Å². The van der Waals surface area contributed by atoms with Gasteiger partial charge in [0.15, 0.2) is 0 Å². The van der Waals surface area contributed by atoms with E-state index >= 15 is 0 Å². The van der Waals surface area contributed by atoms with Crippen LogP contribution in [0.2, 0.25) is 0 Å². The Labute approximate surface area is 137 Å². The number of thiazole rings is 1. The van der Waals surface area contributed by atoms with Crippen molar-refractivity contribution < 1.29 is 4.74 Å². The number of hydrogen-bond acceptors (Lipinski definition) is 5. The predicted octanol–water partition coefficient (Wildman–Crippen LogP) is 3.06. The molecule has 5 nitrogen and oxygen atoms in total. The van der Waals surface area contributed by atoms with Crippen LogP contribution in [0.4, 0.5) is 0 Å². The zero-order chi connectivity index (χ0) is 15.8. The van der Waals surface area contributed by atoms with Crippen LogP contribution in [0.1, 0.15) is 35.2 Å². The van der Waals surface area contributed by atoms with E-state index < -0.39 is 0 Å². The summed E-state index contributed by atoms with van der Waals surface area (Å²) >= 11 is 1.61. The van der Waals surface area contributed by atoms with E-state index in [1.165, 1.54) is 0 Å². The summed E-state index contributed by atoms with van der Waals surface area (Å²) in [4.78, 5) is 21.6. The van der Waals surface area contributed by atoms with Gasteiger partial charge in [0.1, 0.15) is 11.1 Å². The summed E-state index contributed by atoms with van der Waals surface area (Å²) in [6, 6.07) is 5.74. The highest BCUT2D eigenvalue weighted by atomic mass is 32.1. The van der Waals surface area contributed by atoms with Crippen LogP contribution in [0.3, 0.4) is 0 Å². The monoisotopic (exact) mass is 327 g/mol. The number of hydrogen-bond donors (Lipinski definition) is 0. The van der Waals surface area contributed by atoms with Gasteiger partial charge in [0.05, 0.1) is 29.5 Å². The highest BCUT2D eigenvalue weighted by molar-refractivity contribution is 7.09. The van der Waals surface area contributed by atoms with Gasteiger partial charge in [-0.15, -0.1) is 11.3 Å². The van der Waals surface area contributed by atoms with Crippen LogP contribution in [-0.2, 0) is 11.3 Å². The van der Waals surface area contributed by atoms with Gasteiger partial charge in [-0.3, -0.25) is 9.36 Å². The van der Waals surface area contributed by atoms with Crippen molar-refractivity contribution in [2.24, 2.45) is 0 Å². The fraction of sp³-hybridized carbons (Fsp3) is 0.353. The average molecular weight is 327 g/mol. The first-order chi connectivity index (χ1) is 11.2. The molecule has 0 radical (unpaired) electrons. The second-order valence-corrected chi connectivity index (χ2v) is 6.77. The molecule has 0 amide bonds. The highest BCUT2D eigenvalue weighted by Crippen LogP contribution is 2.30. The Hall–Kier alpha value is -2.05. The normalized spacial score (nSPS) is 17.9. The van der Waals surface area contributed by atoms with Crippen molar-refractivity contribution in [1.29, 1.82) is 0 Å². The van der Waals surface area contributed by atoms with Crippen molar-refractivity contribution in [1.82, 2.24) is 14.5 Å². The maximum absolute atomic E-state index is 12.6. The minimum absolute atomic E-state index is 0.0228. The molecule has 3 heterocycles. The number of benzene rings is 1. The summed E-state index contributed by atoms with van der Waals surface area (Å²) in [7, 11) is 0. The number of aromatic nitrogens is 3. The molecule has 4 rings (SSSR count). The van der Waals surface area contributed by atoms with Crippen molar-refractivity contribution in [3.63, 3.8) is 0 Å². The van der Waals surface area contributed by atoms with Gasteiger partial charge >= 0.3 is 0 Å². The molecule has 0 bridgehead atoms. The molecule has 1 aromatic carbocycles. The lowest BCUT2D eigenvalue weighted by Gasteiger charge is -2.06. The molecule has 1 aliphatic heterocycles. The molecule has 2 aromatic heterocycles. The van der Waals surface area contributed by atoms with E-state index in [-0.39, 0.29) is 11.7 Å². The minimum Gasteiger partial charge on any atom is -0.371 e. The summed E-state index contributed by atoms with van der Waals surface area (Å²) in [6.45, 7) is 3.23. The molecular formula is C17H17N3O2S. The van der Waals surface area contributed by atoms with Gasteiger partial charge in [-0.25, -0.2) is 9.97 Å². The van der Waals surface area contributed by atoms with E-state index in [2.05, 4.69) is 9.97 Å². The highest BCUT2D eigenvalue weighted by Gasteiger charge is 2.21. The smallest absolute Gasteiger partial charge is 0.261 e. The first kappa shape index (κ1) is 14.5. The Morgan fingerprint density at radius 2 is 2.35 bits per heavy atom. The third-order valence-corrected chi connectivity index (χ3v) is 5.07. The lowest BCUT2D eigenvalue weighted by molar-refractivity contribution is 0.111. The molecule has 0 N–H and O–H groups in total. The molecule has 0 unspecified atom stereocenters. The Morgan fingerprint density at radius 3 is 3.17 bits per heavy atom. The van der Waals surface area contributed by atoms with Gasteiger partial charge in [-0.1, -0.05) is 11.6 Å². The number of rotatable bonds is 3. The van der Waals surface area contributed by atoms with Crippen LogP contribution in [0.15, 0.2) is 34.7 Å². The number of fused-ring (bicyclic) bond motifs is 1. The van der Waals surface area contributed by atoms with Gasteiger partial charge < -0.3 is 4.74 Å². The SMILES string of the molecule is Cc1ccc2ncn(Cc3csc([C@@H]4CCCO4)n3)c(=O)c2c1. The van der Waals surface area contributed by atoms with Crippen molar-refractivity contribution in [3.8, 4) is 0 Å². The largest absolute Gasteiger partial charge is 0.371 e. The van der Waals surface area contributed by atoms with E-state index in [0.717, 1.165) is 41.2 Å². The summed E-state index contributed by atoms with van der Waals surface area (Å²) in [5.74, 6) is 0. The second-order valence-electron chi connectivity index (χ2n) is 5.88. The second kappa shape index (κ2) is 5.86. The molecule has 118 valence electrons. The molecule has 1 atom stereocenters. The summed E-state index contributed by atoms with van der Waals surface area (Å²) in [5.41, 5.74) is 2.65. The van der Waals surface area contributed by atoms with E-state index in [0.29, 0.717) is 11.9 Å². The topological polar surface area (TPSA) is 57.0 Å². The number of aryl methyl sites for hydroxylation is 1. The van der Waals surface area contributed by atoms with Gasteiger partial charge in [0.25, 0.3) is 5.56 Å². The Morgan fingerprint density at radius 1 is 1.43 bits per heavy atom. The lowest BCUT2D eigenvalue weighted by Crippen LogP contribution is -2.21. The summed E-state index contributed by atoms with van der Waals surface area (Å²) in [6.07, 6.45) is 3.85. The zero-order valence-corrected chi connectivity index (χ0v) is 13.7. The first-order valence-electron chi connectivity index (χ1n) is 7.72. The molecule has 1 saturated heterocycles. The van der Waals surface area contributed by atoms with Crippen molar-refractivity contribution in [3.05, 3.63) is 56.5 Å². The molecule has 0 saturated carbocycles. The van der Waals surface area contributed by atoms with Crippen LogP contribution in [-0.4, -0.2) is 21.1 Å². The first-order valence-corrected chi connectivity index (χ1v) is 8.60. The maximum atomic E-state index is 12.6. The lowest BCUT2D eigenvalue weighted by atomic mass is 10.2.